The lowest BCUT2D eigenvalue weighted by atomic mass is 9.87. The van der Waals surface area contributed by atoms with Crippen LogP contribution in [0.15, 0.2) is 0 Å². The molecule has 0 aromatic carbocycles. The molecule has 124 valence electrons. The Kier molecular flexibility index (Phi) is 8.10. The van der Waals surface area contributed by atoms with Gasteiger partial charge in [0.15, 0.2) is 0 Å². The molecule has 2 heteroatoms. The summed E-state index contributed by atoms with van der Waals surface area (Å²) in [6.07, 6.45) is 15.5. The highest BCUT2D eigenvalue weighted by Gasteiger charge is 2.28. The third kappa shape index (κ3) is 5.90. The van der Waals surface area contributed by atoms with Crippen LogP contribution in [0.25, 0.3) is 0 Å². The van der Waals surface area contributed by atoms with Crippen molar-refractivity contribution in [1.29, 1.82) is 0 Å². The summed E-state index contributed by atoms with van der Waals surface area (Å²) in [5.74, 6) is 1.02. The van der Waals surface area contributed by atoms with E-state index in [1.807, 2.05) is 0 Å². The highest BCUT2D eigenvalue weighted by atomic mass is 16.5. The smallest absolute Gasteiger partial charge is 0.0576 e. The average Bonchev–Trinajstić information content (AvgIpc) is 2.53. The van der Waals surface area contributed by atoms with Crippen molar-refractivity contribution in [3.63, 3.8) is 0 Å². The van der Waals surface area contributed by atoms with E-state index < -0.39 is 0 Å². The summed E-state index contributed by atoms with van der Waals surface area (Å²) >= 11 is 0. The van der Waals surface area contributed by atoms with Crippen molar-refractivity contribution < 1.29 is 4.74 Å². The molecular formula is C19H37NO. The number of likely N-dealkylation sites (tertiary alicyclic amines) is 1. The molecule has 2 nitrogen and oxygen atoms in total. The Morgan fingerprint density at radius 1 is 0.857 bits per heavy atom. The molecule has 1 saturated heterocycles. The van der Waals surface area contributed by atoms with Crippen LogP contribution in [0.2, 0.25) is 0 Å². The Morgan fingerprint density at radius 3 is 2.19 bits per heavy atom. The summed E-state index contributed by atoms with van der Waals surface area (Å²) in [4.78, 5) is 2.79. The third-order valence-electron chi connectivity index (χ3n) is 5.61. The molecule has 1 aliphatic heterocycles. The summed E-state index contributed by atoms with van der Waals surface area (Å²) in [5, 5.41) is 0. The maximum absolute atomic E-state index is 6.05. The lowest BCUT2D eigenvalue weighted by Gasteiger charge is -2.40. The molecule has 0 unspecified atom stereocenters. The van der Waals surface area contributed by atoms with Crippen LogP contribution in [0.3, 0.4) is 0 Å². The van der Waals surface area contributed by atoms with Gasteiger partial charge in [-0.05, 0) is 64.0 Å². The van der Waals surface area contributed by atoms with Crippen molar-refractivity contribution in [2.24, 2.45) is 5.92 Å². The van der Waals surface area contributed by atoms with Gasteiger partial charge in [0.2, 0.25) is 0 Å². The van der Waals surface area contributed by atoms with Gasteiger partial charge in [-0.1, -0.05) is 39.5 Å². The van der Waals surface area contributed by atoms with Crippen LogP contribution in [-0.2, 0) is 4.74 Å². The number of rotatable bonds is 8. The molecule has 1 heterocycles. The molecule has 0 radical (unpaired) electrons. The number of hydrogen-bond donors (Lipinski definition) is 0. The first-order chi connectivity index (χ1) is 10.3. The second-order valence-electron chi connectivity index (χ2n) is 7.28. The molecule has 0 atom stereocenters. The van der Waals surface area contributed by atoms with E-state index in [1.165, 1.54) is 83.7 Å². The fourth-order valence-corrected chi connectivity index (χ4v) is 4.19. The highest BCUT2D eigenvalue weighted by molar-refractivity contribution is 4.83. The molecule has 1 aliphatic carbocycles. The van der Waals surface area contributed by atoms with E-state index in [0.29, 0.717) is 6.10 Å². The zero-order valence-corrected chi connectivity index (χ0v) is 14.5. The van der Waals surface area contributed by atoms with E-state index in [9.17, 15) is 0 Å². The highest BCUT2D eigenvalue weighted by Crippen LogP contribution is 2.29. The van der Waals surface area contributed by atoms with Gasteiger partial charge in [-0.25, -0.2) is 0 Å². The fraction of sp³-hybridized carbons (Fsp3) is 1.00. The van der Waals surface area contributed by atoms with Gasteiger partial charge in [0, 0.05) is 12.6 Å². The van der Waals surface area contributed by atoms with Gasteiger partial charge in [0.1, 0.15) is 0 Å². The Morgan fingerprint density at radius 2 is 1.57 bits per heavy atom. The minimum atomic E-state index is 0.565. The second kappa shape index (κ2) is 9.84. The SMILES string of the molecule is CCCCCO[C@H]1CC[C@H](N2CCC(CCC)CC2)CC1. The van der Waals surface area contributed by atoms with Crippen LogP contribution in [0, 0.1) is 5.92 Å². The largest absolute Gasteiger partial charge is 0.378 e. The van der Waals surface area contributed by atoms with E-state index in [4.69, 9.17) is 4.74 Å². The van der Waals surface area contributed by atoms with Crippen molar-refractivity contribution in [1.82, 2.24) is 4.90 Å². The molecule has 2 fully saturated rings. The number of ether oxygens (including phenoxy) is 1. The Hall–Kier alpha value is -0.0800. The summed E-state index contributed by atoms with van der Waals surface area (Å²) in [5.41, 5.74) is 0. The van der Waals surface area contributed by atoms with Crippen molar-refractivity contribution in [3.8, 4) is 0 Å². The quantitative estimate of drug-likeness (QED) is 0.583. The summed E-state index contributed by atoms with van der Waals surface area (Å²) in [7, 11) is 0. The number of hydrogen-bond acceptors (Lipinski definition) is 2. The average molecular weight is 296 g/mol. The second-order valence-corrected chi connectivity index (χ2v) is 7.28. The lowest BCUT2D eigenvalue weighted by Crippen LogP contribution is -2.44. The minimum absolute atomic E-state index is 0.565. The Bertz CT molecular complexity index is 252. The predicted molar refractivity (Wildman–Crippen MR) is 90.7 cm³/mol. The van der Waals surface area contributed by atoms with Gasteiger partial charge >= 0.3 is 0 Å². The minimum Gasteiger partial charge on any atom is -0.378 e. The maximum atomic E-state index is 6.05. The van der Waals surface area contributed by atoms with Gasteiger partial charge in [0.05, 0.1) is 6.10 Å². The van der Waals surface area contributed by atoms with Crippen LogP contribution in [0.4, 0.5) is 0 Å². The van der Waals surface area contributed by atoms with E-state index in [1.54, 1.807) is 0 Å². The topological polar surface area (TPSA) is 12.5 Å². The lowest BCUT2D eigenvalue weighted by molar-refractivity contribution is 0.000268. The summed E-state index contributed by atoms with van der Waals surface area (Å²) in [6.45, 7) is 8.29. The maximum Gasteiger partial charge on any atom is 0.0576 e. The first-order valence-electron chi connectivity index (χ1n) is 9.69. The van der Waals surface area contributed by atoms with Crippen LogP contribution in [0.5, 0.6) is 0 Å². The number of nitrogens with zero attached hydrogens (tertiary/aromatic N) is 1. The van der Waals surface area contributed by atoms with Crippen LogP contribution >= 0.6 is 0 Å². The zero-order valence-electron chi connectivity index (χ0n) is 14.5. The van der Waals surface area contributed by atoms with Gasteiger partial charge in [-0.15, -0.1) is 0 Å². The summed E-state index contributed by atoms with van der Waals surface area (Å²) in [6, 6.07) is 0.864. The van der Waals surface area contributed by atoms with Crippen LogP contribution in [0.1, 0.15) is 84.5 Å². The monoisotopic (exact) mass is 295 g/mol. The standard InChI is InChI=1S/C19H37NO/c1-3-5-6-16-21-19-10-8-18(9-11-19)20-14-12-17(7-4-2)13-15-20/h17-19H,3-16H2,1-2H3/t18-,19-. The molecule has 0 aromatic heterocycles. The Labute approximate surface area is 132 Å². The van der Waals surface area contributed by atoms with Crippen molar-refractivity contribution in [3.05, 3.63) is 0 Å². The molecule has 1 saturated carbocycles. The van der Waals surface area contributed by atoms with Crippen molar-refractivity contribution in [2.75, 3.05) is 19.7 Å². The third-order valence-corrected chi connectivity index (χ3v) is 5.61. The molecule has 0 spiro atoms. The van der Waals surface area contributed by atoms with Crippen LogP contribution < -0.4 is 0 Å². The van der Waals surface area contributed by atoms with Crippen LogP contribution in [-0.4, -0.2) is 36.7 Å². The molecule has 0 bridgehead atoms. The van der Waals surface area contributed by atoms with E-state index in [-0.39, 0.29) is 0 Å². The van der Waals surface area contributed by atoms with Gasteiger partial charge < -0.3 is 9.64 Å². The van der Waals surface area contributed by atoms with Gasteiger partial charge in [-0.3, -0.25) is 0 Å². The molecule has 2 aliphatic rings. The fourth-order valence-electron chi connectivity index (χ4n) is 4.19. The molecule has 21 heavy (non-hydrogen) atoms. The molecule has 0 aromatic rings. The van der Waals surface area contributed by atoms with Crippen molar-refractivity contribution in [2.45, 2.75) is 96.6 Å². The van der Waals surface area contributed by atoms with Crippen molar-refractivity contribution >= 4 is 0 Å². The van der Waals surface area contributed by atoms with E-state index >= 15 is 0 Å². The summed E-state index contributed by atoms with van der Waals surface area (Å²) < 4.78 is 6.05. The van der Waals surface area contributed by atoms with E-state index in [0.717, 1.165) is 18.6 Å². The first-order valence-corrected chi connectivity index (χ1v) is 9.69. The zero-order chi connectivity index (χ0) is 14.9. The molecule has 0 amide bonds. The Balaban J connectivity index is 1.59. The normalized spacial score (nSPS) is 28.9. The molecule has 2 rings (SSSR count). The first kappa shape index (κ1) is 17.3. The predicted octanol–water partition coefficient (Wildman–Crippen LogP) is 5.02. The van der Waals surface area contributed by atoms with Gasteiger partial charge in [0.25, 0.3) is 0 Å². The molecule has 0 N–H and O–H groups in total. The number of unbranched alkanes of at least 4 members (excludes halogenated alkanes) is 2. The number of piperidine rings is 1. The van der Waals surface area contributed by atoms with Gasteiger partial charge in [-0.2, -0.15) is 0 Å². The van der Waals surface area contributed by atoms with E-state index in [2.05, 4.69) is 18.7 Å². The molecular weight excluding hydrogens is 258 g/mol.